The molecule has 0 aromatic heterocycles. The number of sulfonamides is 1. The first-order chi connectivity index (χ1) is 13.6. The topological polar surface area (TPSA) is 105 Å². The van der Waals surface area contributed by atoms with Gasteiger partial charge in [-0.1, -0.05) is 18.2 Å². The van der Waals surface area contributed by atoms with Gasteiger partial charge >= 0.3 is 0 Å². The van der Waals surface area contributed by atoms with Crippen molar-refractivity contribution < 1.29 is 22.7 Å². The van der Waals surface area contributed by atoms with Gasteiger partial charge in [-0.2, -0.15) is 0 Å². The van der Waals surface area contributed by atoms with Crippen molar-refractivity contribution in [3.63, 3.8) is 0 Å². The number of hydrogen-bond donors (Lipinski definition) is 2. The molecular formula is C20H25N3O5S. The van der Waals surface area contributed by atoms with E-state index >= 15 is 0 Å². The van der Waals surface area contributed by atoms with E-state index in [-0.39, 0.29) is 11.9 Å². The molecule has 0 aliphatic rings. The van der Waals surface area contributed by atoms with Gasteiger partial charge in [0.2, 0.25) is 15.9 Å². The Hall–Kier alpha value is -3.07. The molecule has 0 heterocycles. The third kappa shape index (κ3) is 6.21. The quantitative estimate of drug-likeness (QED) is 0.683. The molecule has 2 aromatic rings. The Morgan fingerprint density at radius 2 is 1.79 bits per heavy atom. The van der Waals surface area contributed by atoms with E-state index in [4.69, 9.17) is 4.74 Å². The lowest BCUT2D eigenvalue weighted by molar-refractivity contribution is -0.114. The second-order valence-corrected chi connectivity index (χ2v) is 8.60. The van der Waals surface area contributed by atoms with Crippen molar-refractivity contribution in [1.82, 2.24) is 5.32 Å². The van der Waals surface area contributed by atoms with Gasteiger partial charge in [0.25, 0.3) is 5.91 Å². The average molecular weight is 420 g/mol. The Morgan fingerprint density at radius 1 is 1.10 bits per heavy atom. The van der Waals surface area contributed by atoms with Crippen LogP contribution in [0.5, 0.6) is 5.75 Å². The Bertz CT molecular complexity index is 989. The molecule has 2 N–H and O–H groups in total. The highest BCUT2D eigenvalue weighted by Crippen LogP contribution is 2.23. The molecule has 0 saturated heterocycles. The Kier molecular flexibility index (Phi) is 7.22. The zero-order valence-corrected chi connectivity index (χ0v) is 17.6. The molecule has 8 nitrogen and oxygen atoms in total. The van der Waals surface area contributed by atoms with Crippen molar-refractivity contribution >= 4 is 33.2 Å². The lowest BCUT2D eigenvalue weighted by atomic mass is 10.1. The number of ether oxygens (including phenoxy) is 1. The minimum absolute atomic E-state index is 0.0694. The number of anilines is 2. The molecule has 0 atom stereocenters. The van der Waals surface area contributed by atoms with E-state index in [0.29, 0.717) is 22.7 Å². The van der Waals surface area contributed by atoms with Crippen LogP contribution in [0.3, 0.4) is 0 Å². The second-order valence-electron chi connectivity index (χ2n) is 6.69. The van der Waals surface area contributed by atoms with Gasteiger partial charge in [-0.25, -0.2) is 8.42 Å². The number of nitrogens with one attached hydrogen (secondary N) is 2. The second kappa shape index (κ2) is 9.42. The highest BCUT2D eigenvalue weighted by molar-refractivity contribution is 7.92. The van der Waals surface area contributed by atoms with E-state index < -0.39 is 22.5 Å². The molecule has 0 unspecified atom stereocenters. The summed E-state index contributed by atoms with van der Waals surface area (Å²) in [5.74, 6) is -0.445. The maximum absolute atomic E-state index is 12.6. The predicted octanol–water partition coefficient (Wildman–Crippen LogP) is 2.24. The van der Waals surface area contributed by atoms with Crippen molar-refractivity contribution in [1.29, 1.82) is 0 Å². The summed E-state index contributed by atoms with van der Waals surface area (Å²) < 4.78 is 30.6. The molecule has 0 bridgehead atoms. The number of hydrogen-bond acceptors (Lipinski definition) is 5. The van der Waals surface area contributed by atoms with Crippen molar-refractivity contribution in [2.24, 2.45) is 0 Å². The number of methoxy groups -OCH3 is 1. The van der Waals surface area contributed by atoms with Crippen LogP contribution in [-0.4, -0.2) is 46.2 Å². The van der Waals surface area contributed by atoms with Crippen LogP contribution in [0.15, 0.2) is 48.5 Å². The molecule has 0 aliphatic heterocycles. The fourth-order valence-corrected chi connectivity index (χ4v) is 3.46. The van der Waals surface area contributed by atoms with E-state index in [1.807, 2.05) is 13.8 Å². The Balaban J connectivity index is 2.25. The van der Waals surface area contributed by atoms with Crippen molar-refractivity contribution in [3.05, 3.63) is 54.1 Å². The average Bonchev–Trinajstić information content (AvgIpc) is 2.65. The van der Waals surface area contributed by atoms with Crippen LogP contribution < -0.4 is 19.7 Å². The minimum Gasteiger partial charge on any atom is -0.497 e. The summed E-state index contributed by atoms with van der Waals surface area (Å²) in [6.07, 6.45) is 1.02. The van der Waals surface area contributed by atoms with Crippen LogP contribution in [0.2, 0.25) is 0 Å². The standard InChI is InChI=1S/C20H25N3O5S/c1-14(2)21-20(25)17-10-5-6-11-18(17)22-19(24)13-23(29(4,26)27)15-8-7-9-16(12-15)28-3/h5-12,14H,13H2,1-4H3,(H,21,25)(H,22,24). The van der Waals surface area contributed by atoms with Crippen LogP contribution >= 0.6 is 0 Å². The number of benzene rings is 2. The lowest BCUT2D eigenvalue weighted by Crippen LogP contribution is -2.38. The minimum atomic E-state index is -3.73. The molecule has 0 aliphatic carbocycles. The van der Waals surface area contributed by atoms with Gasteiger partial charge in [0.1, 0.15) is 12.3 Å². The fraction of sp³-hybridized carbons (Fsp3) is 0.300. The number of amides is 2. The molecular weight excluding hydrogens is 394 g/mol. The maximum atomic E-state index is 12.6. The summed E-state index contributed by atoms with van der Waals surface area (Å²) in [6, 6.07) is 12.9. The summed E-state index contributed by atoms with van der Waals surface area (Å²) in [4.78, 5) is 25.0. The number of rotatable bonds is 8. The largest absolute Gasteiger partial charge is 0.497 e. The third-order valence-electron chi connectivity index (χ3n) is 3.89. The van der Waals surface area contributed by atoms with Crippen LogP contribution in [0.1, 0.15) is 24.2 Å². The van der Waals surface area contributed by atoms with Crippen molar-refractivity contribution in [2.75, 3.05) is 29.5 Å². The van der Waals surface area contributed by atoms with E-state index in [2.05, 4.69) is 10.6 Å². The van der Waals surface area contributed by atoms with Crippen LogP contribution in [0.25, 0.3) is 0 Å². The predicted molar refractivity (Wildman–Crippen MR) is 113 cm³/mol. The van der Waals surface area contributed by atoms with Gasteiger partial charge in [-0.15, -0.1) is 0 Å². The lowest BCUT2D eigenvalue weighted by Gasteiger charge is -2.22. The SMILES string of the molecule is COc1cccc(N(CC(=O)Nc2ccccc2C(=O)NC(C)C)S(C)(=O)=O)c1. The first-order valence-electron chi connectivity index (χ1n) is 8.93. The first-order valence-corrected chi connectivity index (χ1v) is 10.8. The van der Waals surface area contributed by atoms with Crippen LogP contribution in [0.4, 0.5) is 11.4 Å². The van der Waals surface area contributed by atoms with Crippen LogP contribution in [0, 0.1) is 0 Å². The van der Waals surface area contributed by atoms with Gasteiger partial charge in [-0.05, 0) is 38.1 Å². The van der Waals surface area contributed by atoms with E-state index in [0.717, 1.165) is 10.6 Å². The monoisotopic (exact) mass is 419 g/mol. The zero-order valence-electron chi connectivity index (χ0n) is 16.8. The molecule has 2 aromatic carbocycles. The molecule has 0 saturated carbocycles. The van der Waals surface area contributed by atoms with Gasteiger partial charge in [0.05, 0.1) is 30.3 Å². The third-order valence-corrected chi connectivity index (χ3v) is 5.03. The van der Waals surface area contributed by atoms with Gasteiger partial charge in [0.15, 0.2) is 0 Å². The summed E-state index contributed by atoms with van der Waals surface area (Å²) in [6.45, 7) is 3.21. The molecule has 2 amide bonds. The summed E-state index contributed by atoms with van der Waals surface area (Å²) in [5.41, 5.74) is 0.893. The molecule has 29 heavy (non-hydrogen) atoms. The highest BCUT2D eigenvalue weighted by Gasteiger charge is 2.22. The maximum Gasteiger partial charge on any atom is 0.253 e. The molecule has 2 rings (SSSR count). The van der Waals surface area contributed by atoms with Gasteiger partial charge < -0.3 is 15.4 Å². The first kappa shape index (κ1) is 22.2. The number of carbonyl (C=O) groups is 2. The van der Waals surface area contributed by atoms with E-state index in [1.54, 1.807) is 42.5 Å². The Labute approximate surface area is 170 Å². The van der Waals surface area contributed by atoms with Crippen molar-refractivity contribution in [3.8, 4) is 5.75 Å². The molecule has 0 spiro atoms. The van der Waals surface area contributed by atoms with Crippen LogP contribution in [-0.2, 0) is 14.8 Å². The normalized spacial score (nSPS) is 11.1. The highest BCUT2D eigenvalue weighted by atomic mass is 32.2. The Morgan fingerprint density at radius 3 is 2.41 bits per heavy atom. The van der Waals surface area contributed by atoms with Gasteiger partial charge in [0, 0.05) is 12.1 Å². The molecule has 9 heteroatoms. The fourth-order valence-electron chi connectivity index (χ4n) is 2.62. The smallest absolute Gasteiger partial charge is 0.253 e. The van der Waals surface area contributed by atoms with Crippen molar-refractivity contribution in [2.45, 2.75) is 19.9 Å². The summed E-state index contributed by atoms with van der Waals surface area (Å²) >= 11 is 0. The molecule has 156 valence electrons. The molecule has 0 fully saturated rings. The zero-order chi connectivity index (χ0) is 21.6. The number of para-hydroxylation sites is 1. The van der Waals surface area contributed by atoms with E-state index in [9.17, 15) is 18.0 Å². The number of carbonyl (C=O) groups excluding carboxylic acids is 2. The molecule has 0 radical (unpaired) electrons. The van der Waals surface area contributed by atoms with E-state index in [1.165, 1.54) is 13.2 Å². The summed E-state index contributed by atoms with van der Waals surface area (Å²) in [7, 11) is -2.27. The number of nitrogens with zero attached hydrogens (tertiary/aromatic N) is 1. The van der Waals surface area contributed by atoms with Gasteiger partial charge in [-0.3, -0.25) is 13.9 Å². The summed E-state index contributed by atoms with van der Waals surface area (Å²) in [5, 5.41) is 5.39.